The van der Waals surface area contributed by atoms with Gasteiger partial charge in [-0.05, 0) is 50.4 Å². The highest BCUT2D eigenvalue weighted by Crippen LogP contribution is 2.20. The van der Waals surface area contributed by atoms with Crippen molar-refractivity contribution in [2.24, 2.45) is 23.3 Å². The molecule has 200 valence electrons. The monoisotopic (exact) mass is 497 g/mol. The van der Waals surface area contributed by atoms with E-state index in [1.807, 2.05) is 27.7 Å². The van der Waals surface area contributed by atoms with Crippen molar-refractivity contribution in [3.8, 4) is 0 Å². The molecular formula is C23H43N7O5. The van der Waals surface area contributed by atoms with E-state index in [4.69, 9.17) is 16.9 Å². The van der Waals surface area contributed by atoms with Gasteiger partial charge in [-0.15, -0.1) is 0 Å². The van der Waals surface area contributed by atoms with Crippen molar-refractivity contribution in [1.29, 1.82) is 5.41 Å². The smallest absolute Gasteiger partial charge is 0.326 e. The number of carbonyl (C=O) groups is 4. The lowest BCUT2D eigenvalue weighted by Gasteiger charge is -2.29. The number of hydrogen-bond acceptors (Lipinski definition) is 6. The van der Waals surface area contributed by atoms with Crippen LogP contribution in [0.4, 0.5) is 0 Å². The van der Waals surface area contributed by atoms with Crippen LogP contribution in [0.25, 0.3) is 0 Å². The Labute approximate surface area is 207 Å². The first-order valence-electron chi connectivity index (χ1n) is 12.3. The van der Waals surface area contributed by atoms with E-state index >= 15 is 0 Å². The Bertz CT molecular complexity index is 759. The highest BCUT2D eigenvalue weighted by atomic mass is 16.4. The summed E-state index contributed by atoms with van der Waals surface area (Å²) in [7, 11) is 0. The van der Waals surface area contributed by atoms with Crippen LogP contribution in [0.2, 0.25) is 0 Å². The first-order chi connectivity index (χ1) is 16.3. The maximum atomic E-state index is 13.3. The molecule has 0 aliphatic carbocycles. The number of carboxylic acid groups (broad SMARTS) is 1. The SMILES string of the molecule is CC(C)C[C@H](NC(=O)[C@@H](N)CC(C)C)C(=O)N[C@@H](CCCNC(=N)N)C(=O)N1CCC[C@H]1C(=O)O. The summed E-state index contributed by atoms with van der Waals surface area (Å²) in [4.78, 5) is 52.0. The molecule has 9 N–H and O–H groups in total. The van der Waals surface area contributed by atoms with E-state index in [0.29, 0.717) is 45.2 Å². The lowest BCUT2D eigenvalue weighted by Crippen LogP contribution is -2.57. The number of rotatable bonds is 14. The number of aliphatic carboxylic acids is 1. The lowest BCUT2D eigenvalue weighted by molar-refractivity contribution is -0.149. The summed E-state index contributed by atoms with van der Waals surface area (Å²) in [6.45, 7) is 8.34. The summed E-state index contributed by atoms with van der Waals surface area (Å²) in [5.74, 6) is -2.43. The number of nitrogens with two attached hydrogens (primary N) is 2. The average Bonchev–Trinajstić information content (AvgIpc) is 3.24. The van der Waals surface area contributed by atoms with Crippen LogP contribution in [0.1, 0.15) is 66.2 Å². The molecule has 12 nitrogen and oxygen atoms in total. The molecular weight excluding hydrogens is 454 g/mol. The van der Waals surface area contributed by atoms with Crippen LogP contribution < -0.4 is 27.4 Å². The Morgan fingerprint density at radius 3 is 2.17 bits per heavy atom. The van der Waals surface area contributed by atoms with Gasteiger partial charge in [0.2, 0.25) is 17.7 Å². The quantitative estimate of drug-likeness (QED) is 0.0962. The predicted molar refractivity (Wildman–Crippen MR) is 132 cm³/mol. The van der Waals surface area contributed by atoms with E-state index in [0.717, 1.165) is 0 Å². The van der Waals surface area contributed by atoms with Gasteiger partial charge in [0.1, 0.15) is 18.1 Å². The Morgan fingerprint density at radius 2 is 1.63 bits per heavy atom. The van der Waals surface area contributed by atoms with Gasteiger partial charge in [0.25, 0.3) is 0 Å². The molecule has 1 heterocycles. The number of hydrogen-bond donors (Lipinski definition) is 7. The minimum absolute atomic E-state index is 0.0799. The van der Waals surface area contributed by atoms with Crippen LogP contribution in [-0.4, -0.2) is 76.9 Å². The molecule has 0 aromatic carbocycles. The topological polar surface area (TPSA) is 204 Å². The van der Waals surface area contributed by atoms with E-state index in [2.05, 4.69) is 16.0 Å². The zero-order valence-electron chi connectivity index (χ0n) is 21.3. The molecule has 0 aromatic rings. The third-order valence-electron chi connectivity index (χ3n) is 5.82. The predicted octanol–water partition coefficient (Wildman–Crippen LogP) is -0.286. The fourth-order valence-electron chi connectivity index (χ4n) is 4.14. The van der Waals surface area contributed by atoms with Crippen molar-refractivity contribution < 1.29 is 24.3 Å². The van der Waals surface area contributed by atoms with E-state index < -0.39 is 47.9 Å². The van der Waals surface area contributed by atoms with Gasteiger partial charge < -0.3 is 37.4 Å². The summed E-state index contributed by atoms with van der Waals surface area (Å²) >= 11 is 0. The summed E-state index contributed by atoms with van der Waals surface area (Å²) < 4.78 is 0. The zero-order valence-corrected chi connectivity index (χ0v) is 21.3. The molecule has 0 aromatic heterocycles. The summed E-state index contributed by atoms with van der Waals surface area (Å²) in [6.07, 6.45) is 2.35. The molecule has 0 radical (unpaired) electrons. The summed E-state index contributed by atoms with van der Waals surface area (Å²) in [5, 5.41) is 24.9. The van der Waals surface area contributed by atoms with Gasteiger partial charge in [-0.1, -0.05) is 27.7 Å². The first-order valence-corrected chi connectivity index (χ1v) is 12.3. The van der Waals surface area contributed by atoms with E-state index in [9.17, 15) is 24.3 Å². The molecule has 12 heteroatoms. The third kappa shape index (κ3) is 10.5. The number of likely N-dealkylation sites (tertiary alicyclic amines) is 1. The number of carbonyl (C=O) groups excluding carboxylic acids is 3. The largest absolute Gasteiger partial charge is 0.480 e. The van der Waals surface area contributed by atoms with Crippen molar-refractivity contribution in [3.05, 3.63) is 0 Å². The zero-order chi connectivity index (χ0) is 26.7. The molecule has 35 heavy (non-hydrogen) atoms. The molecule has 1 saturated heterocycles. The van der Waals surface area contributed by atoms with Crippen LogP contribution in [0.5, 0.6) is 0 Å². The van der Waals surface area contributed by atoms with Gasteiger partial charge in [-0.3, -0.25) is 19.8 Å². The molecule has 1 fully saturated rings. The number of carboxylic acids is 1. The number of nitrogens with zero attached hydrogens (tertiary/aromatic N) is 1. The Morgan fingerprint density at radius 1 is 1.03 bits per heavy atom. The molecule has 3 amide bonds. The van der Waals surface area contributed by atoms with Gasteiger partial charge in [-0.25, -0.2) is 4.79 Å². The van der Waals surface area contributed by atoms with Crippen LogP contribution in [-0.2, 0) is 19.2 Å². The second-order valence-corrected chi connectivity index (χ2v) is 10.00. The maximum Gasteiger partial charge on any atom is 0.326 e. The first kappa shape index (κ1) is 30.1. The van der Waals surface area contributed by atoms with Crippen LogP contribution in [0, 0.1) is 17.2 Å². The third-order valence-corrected chi connectivity index (χ3v) is 5.82. The Kier molecular flexibility index (Phi) is 12.5. The van der Waals surface area contributed by atoms with Gasteiger partial charge >= 0.3 is 5.97 Å². The fraction of sp³-hybridized carbons (Fsp3) is 0.783. The summed E-state index contributed by atoms with van der Waals surface area (Å²) in [6, 6.07) is -3.56. The van der Waals surface area contributed by atoms with Crippen molar-refractivity contribution in [3.63, 3.8) is 0 Å². The number of guanidine groups is 1. The molecule has 1 rings (SSSR count). The van der Waals surface area contributed by atoms with Gasteiger partial charge in [-0.2, -0.15) is 0 Å². The molecule has 1 aliphatic heterocycles. The van der Waals surface area contributed by atoms with Crippen molar-refractivity contribution in [2.45, 2.75) is 90.4 Å². The van der Waals surface area contributed by atoms with Crippen molar-refractivity contribution in [1.82, 2.24) is 20.9 Å². The average molecular weight is 498 g/mol. The normalized spacial score (nSPS) is 18.1. The van der Waals surface area contributed by atoms with Crippen molar-refractivity contribution >= 4 is 29.7 Å². The summed E-state index contributed by atoms with van der Waals surface area (Å²) in [5.41, 5.74) is 11.3. The van der Waals surface area contributed by atoms with Crippen LogP contribution in [0.15, 0.2) is 0 Å². The minimum Gasteiger partial charge on any atom is -0.480 e. The number of amides is 3. The van der Waals surface area contributed by atoms with Gasteiger partial charge in [0, 0.05) is 13.1 Å². The lowest BCUT2D eigenvalue weighted by atomic mass is 10.00. The Hall–Kier alpha value is -2.89. The Balaban J connectivity index is 3.01. The minimum atomic E-state index is -1.08. The number of nitrogens with one attached hydrogen (secondary N) is 4. The second kappa shape index (κ2) is 14.5. The van der Waals surface area contributed by atoms with Crippen LogP contribution in [0.3, 0.4) is 0 Å². The van der Waals surface area contributed by atoms with Gasteiger partial charge in [0.05, 0.1) is 6.04 Å². The molecule has 1 aliphatic rings. The molecule has 4 atom stereocenters. The molecule has 0 bridgehead atoms. The fourth-order valence-corrected chi connectivity index (χ4v) is 4.14. The van der Waals surface area contributed by atoms with E-state index in [-0.39, 0.29) is 24.2 Å². The highest BCUT2D eigenvalue weighted by molar-refractivity contribution is 5.94. The molecule has 0 saturated carbocycles. The standard InChI is InChI=1S/C23H43N7O5/c1-13(2)11-15(24)19(31)29-17(12-14(3)4)20(32)28-16(7-5-9-27-23(25)26)21(33)30-10-6-8-18(30)22(34)35/h13-18H,5-12,24H2,1-4H3,(H,28,32)(H,29,31)(H,34,35)(H4,25,26,27)/t15-,16-,17-,18-/m0/s1. The highest BCUT2D eigenvalue weighted by Gasteiger charge is 2.38. The second-order valence-electron chi connectivity index (χ2n) is 10.00. The van der Waals surface area contributed by atoms with Gasteiger partial charge in [0.15, 0.2) is 5.96 Å². The maximum absolute atomic E-state index is 13.3. The van der Waals surface area contributed by atoms with E-state index in [1.54, 1.807) is 0 Å². The molecule has 0 spiro atoms. The van der Waals surface area contributed by atoms with Crippen LogP contribution >= 0.6 is 0 Å². The molecule has 0 unspecified atom stereocenters. The van der Waals surface area contributed by atoms with E-state index in [1.165, 1.54) is 4.90 Å². The van der Waals surface area contributed by atoms with Crippen molar-refractivity contribution in [2.75, 3.05) is 13.1 Å².